The van der Waals surface area contributed by atoms with Gasteiger partial charge in [-0.25, -0.2) is 8.42 Å². The monoisotopic (exact) mass is 508 g/mol. The third kappa shape index (κ3) is 7.10. The summed E-state index contributed by atoms with van der Waals surface area (Å²) in [6.07, 6.45) is 1.61. The fourth-order valence-corrected chi connectivity index (χ4v) is 5.37. The van der Waals surface area contributed by atoms with Crippen molar-refractivity contribution >= 4 is 21.6 Å². The highest BCUT2D eigenvalue weighted by molar-refractivity contribution is 7.92. The lowest BCUT2D eigenvalue weighted by atomic mass is 10.1. The van der Waals surface area contributed by atoms with Crippen molar-refractivity contribution in [3.8, 4) is 5.75 Å². The van der Waals surface area contributed by atoms with E-state index < -0.39 is 10.0 Å². The summed E-state index contributed by atoms with van der Waals surface area (Å²) in [5, 5.41) is 2.89. The summed E-state index contributed by atoms with van der Waals surface area (Å²) < 4.78 is 34.2. The Morgan fingerprint density at radius 3 is 2.36 bits per heavy atom. The maximum Gasteiger partial charge on any atom is 0.264 e. The Labute approximate surface area is 215 Å². The zero-order valence-corrected chi connectivity index (χ0v) is 22.6. The van der Waals surface area contributed by atoms with Gasteiger partial charge in [-0.15, -0.1) is 0 Å². The van der Waals surface area contributed by atoms with Crippen LogP contribution >= 0.6 is 0 Å². The Morgan fingerprint density at radius 2 is 1.67 bits per heavy atom. The van der Waals surface area contributed by atoms with Gasteiger partial charge in [0.1, 0.15) is 12.3 Å². The number of carbonyl (C=O) groups is 1. The first-order chi connectivity index (χ1) is 17.1. The highest BCUT2D eigenvalue weighted by Gasteiger charge is 2.28. The van der Waals surface area contributed by atoms with Crippen LogP contribution in [-0.4, -0.2) is 33.5 Å². The number of nitrogens with zero attached hydrogens (tertiary/aromatic N) is 1. The summed E-state index contributed by atoms with van der Waals surface area (Å²) >= 11 is 0. The number of carbonyl (C=O) groups excluding carboxylic acids is 1. The molecule has 3 aromatic rings. The molecule has 0 aliphatic carbocycles. The zero-order valence-electron chi connectivity index (χ0n) is 21.7. The average molecular weight is 509 g/mol. The van der Waals surface area contributed by atoms with E-state index in [1.165, 1.54) is 4.31 Å². The lowest BCUT2D eigenvalue weighted by Gasteiger charge is -2.26. The molecule has 1 N–H and O–H groups in total. The number of hydrogen-bond acceptors (Lipinski definition) is 4. The molecule has 0 aliphatic rings. The molecule has 0 fully saturated rings. The van der Waals surface area contributed by atoms with Crippen molar-refractivity contribution in [1.29, 1.82) is 0 Å². The van der Waals surface area contributed by atoms with Crippen LogP contribution in [0.3, 0.4) is 0 Å². The summed E-state index contributed by atoms with van der Waals surface area (Å²) in [5.74, 6) is 0.487. The molecule has 0 saturated carbocycles. The van der Waals surface area contributed by atoms with Gasteiger partial charge in [-0.1, -0.05) is 42.0 Å². The van der Waals surface area contributed by atoms with Gasteiger partial charge in [0, 0.05) is 6.54 Å². The zero-order chi connectivity index (χ0) is 26.3. The van der Waals surface area contributed by atoms with Gasteiger partial charge in [0.25, 0.3) is 10.0 Å². The molecular formula is C29H36N2O4S. The SMILES string of the molecule is Cc1ccc(S(=O)(=O)N(CC(=O)NCCCc2cccc(OC(C)C)c2)c2cccc(C)c2C)cc1. The highest BCUT2D eigenvalue weighted by atomic mass is 32.2. The standard InChI is InChI=1S/C29H36N2O4S/c1-21(2)35-26-12-7-10-25(19-26)11-8-18-30-29(32)20-31(28-13-6-9-23(4)24(28)5)36(33,34)27-16-14-22(3)15-17-27/h6-7,9-10,12-17,19,21H,8,11,18,20H2,1-5H3,(H,30,32). The van der Waals surface area contributed by atoms with Crippen LogP contribution in [-0.2, 0) is 21.2 Å². The number of nitrogens with one attached hydrogen (secondary N) is 1. The van der Waals surface area contributed by atoms with Crippen LogP contribution in [0.4, 0.5) is 5.69 Å². The Bertz CT molecular complexity index is 1280. The molecule has 6 nitrogen and oxygen atoms in total. The van der Waals surface area contributed by atoms with Crippen LogP contribution < -0.4 is 14.4 Å². The topological polar surface area (TPSA) is 75.7 Å². The normalized spacial score (nSPS) is 11.4. The van der Waals surface area contributed by atoms with E-state index in [1.807, 2.05) is 71.0 Å². The number of ether oxygens (including phenoxy) is 1. The fourth-order valence-electron chi connectivity index (χ4n) is 3.90. The molecule has 7 heteroatoms. The maximum atomic E-state index is 13.6. The summed E-state index contributed by atoms with van der Waals surface area (Å²) in [6, 6.07) is 20.1. The second-order valence-electron chi connectivity index (χ2n) is 9.31. The predicted molar refractivity (Wildman–Crippen MR) is 145 cm³/mol. The molecule has 0 saturated heterocycles. The quantitative estimate of drug-likeness (QED) is 0.355. The van der Waals surface area contributed by atoms with Crippen molar-refractivity contribution in [2.24, 2.45) is 0 Å². The van der Waals surface area contributed by atoms with Gasteiger partial charge in [0.05, 0.1) is 16.7 Å². The lowest BCUT2D eigenvalue weighted by Crippen LogP contribution is -2.41. The largest absolute Gasteiger partial charge is 0.491 e. The van der Waals surface area contributed by atoms with Crippen molar-refractivity contribution in [2.45, 2.75) is 58.5 Å². The van der Waals surface area contributed by atoms with E-state index in [1.54, 1.807) is 30.3 Å². The van der Waals surface area contributed by atoms with Gasteiger partial charge in [-0.3, -0.25) is 9.10 Å². The second-order valence-corrected chi connectivity index (χ2v) is 11.2. The maximum absolute atomic E-state index is 13.6. The summed E-state index contributed by atoms with van der Waals surface area (Å²) in [6.45, 7) is 9.83. The lowest BCUT2D eigenvalue weighted by molar-refractivity contribution is -0.119. The summed E-state index contributed by atoms with van der Waals surface area (Å²) in [7, 11) is -3.93. The van der Waals surface area contributed by atoms with Crippen LogP contribution in [0.25, 0.3) is 0 Å². The molecule has 1 amide bonds. The molecule has 0 heterocycles. The minimum absolute atomic E-state index is 0.107. The number of aryl methyl sites for hydroxylation is 3. The Kier molecular flexibility index (Phi) is 9.15. The van der Waals surface area contributed by atoms with Crippen LogP contribution in [0.2, 0.25) is 0 Å². The molecule has 0 bridgehead atoms. The van der Waals surface area contributed by atoms with Gasteiger partial charge in [-0.05, 0) is 94.5 Å². The summed E-state index contributed by atoms with van der Waals surface area (Å²) in [4.78, 5) is 13.1. The molecule has 36 heavy (non-hydrogen) atoms. The number of anilines is 1. The van der Waals surface area contributed by atoms with Crippen LogP contribution in [0, 0.1) is 20.8 Å². The predicted octanol–water partition coefficient (Wildman–Crippen LogP) is 5.34. The van der Waals surface area contributed by atoms with E-state index in [0.717, 1.165) is 40.8 Å². The van der Waals surface area contributed by atoms with Gasteiger partial charge in [0.2, 0.25) is 5.91 Å². The van der Waals surface area contributed by atoms with E-state index in [4.69, 9.17) is 4.74 Å². The third-order valence-electron chi connectivity index (χ3n) is 5.98. The minimum Gasteiger partial charge on any atom is -0.491 e. The Hall–Kier alpha value is -3.32. The number of sulfonamides is 1. The molecule has 3 aromatic carbocycles. The number of benzene rings is 3. The molecule has 0 spiro atoms. The molecule has 0 aliphatic heterocycles. The summed E-state index contributed by atoms with van der Waals surface area (Å²) in [5.41, 5.74) is 4.38. The van der Waals surface area contributed by atoms with E-state index in [9.17, 15) is 13.2 Å². The smallest absolute Gasteiger partial charge is 0.264 e. The minimum atomic E-state index is -3.93. The molecule has 3 rings (SSSR count). The van der Waals surface area contributed by atoms with Crippen molar-refractivity contribution < 1.29 is 17.9 Å². The van der Waals surface area contributed by atoms with E-state index in [2.05, 4.69) is 5.32 Å². The van der Waals surface area contributed by atoms with E-state index in [-0.39, 0.29) is 23.5 Å². The molecule has 0 aromatic heterocycles. The van der Waals surface area contributed by atoms with Gasteiger partial charge in [-0.2, -0.15) is 0 Å². The van der Waals surface area contributed by atoms with Gasteiger partial charge < -0.3 is 10.1 Å². The Morgan fingerprint density at radius 1 is 0.972 bits per heavy atom. The first-order valence-corrected chi connectivity index (χ1v) is 13.7. The van der Waals surface area contributed by atoms with Crippen molar-refractivity contribution in [3.05, 3.63) is 89.0 Å². The average Bonchev–Trinajstić information content (AvgIpc) is 2.82. The van der Waals surface area contributed by atoms with Crippen LogP contribution in [0.5, 0.6) is 5.75 Å². The van der Waals surface area contributed by atoms with E-state index in [0.29, 0.717) is 12.2 Å². The second kappa shape index (κ2) is 12.1. The van der Waals surface area contributed by atoms with Crippen LogP contribution in [0.15, 0.2) is 71.6 Å². The van der Waals surface area contributed by atoms with Gasteiger partial charge in [0.15, 0.2) is 0 Å². The van der Waals surface area contributed by atoms with Crippen molar-refractivity contribution in [2.75, 3.05) is 17.4 Å². The number of hydrogen-bond donors (Lipinski definition) is 1. The van der Waals surface area contributed by atoms with Crippen molar-refractivity contribution in [3.63, 3.8) is 0 Å². The molecule has 0 unspecified atom stereocenters. The number of amides is 1. The van der Waals surface area contributed by atoms with Gasteiger partial charge >= 0.3 is 0 Å². The fraction of sp³-hybridized carbons (Fsp3) is 0.345. The first kappa shape index (κ1) is 27.3. The highest BCUT2D eigenvalue weighted by Crippen LogP contribution is 2.28. The number of rotatable bonds is 11. The molecular weight excluding hydrogens is 472 g/mol. The van der Waals surface area contributed by atoms with E-state index >= 15 is 0 Å². The van der Waals surface area contributed by atoms with Crippen molar-refractivity contribution in [1.82, 2.24) is 5.32 Å². The first-order valence-electron chi connectivity index (χ1n) is 12.3. The molecule has 0 radical (unpaired) electrons. The van der Waals surface area contributed by atoms with Crippen LogP contribution in [0.1, 0.15) is 42.5 Å². The Balaban J connectivity index is 1.70. The molecule has 192 valence electrons. The third-order valence-corrected chi connectivity index (χ3v) is 7.75. The molecule has 0 atom stereocenters.